The summed E-state index contributed by atoms with van der Waals surface area (Å²) in [6.07, 6.45) is 21.9. The highest BCUT2D eigenvalue weighted by molar-refractivity contribution is 7.99. The van der Waals surface area contributed by atoms with E-state index in [0.717, 1.165) is 38.5 Å². The van der Waals surface area contributed by atoms with Gasteiger partial charge in [0, 0.05) is 0 Å². The summed E-state index contributed by atoms with van der Waals surface area (Å²) in [6, 6.07) is 0. The van der Waals surface area contributed by atoms with Crippen molar-refractivity contribution < 1.29 is 20.5 Å². The smallest absolute Gasteiger partial charge is 0.198 e. The van der Waals surface area contributed by atoms with Crippen molar-refractivity contribution in [2.24, 2.45) is 0 Å². The lowest BCUT2D eigenvalue weighted by atomic mass is 10.1. The summed E-state index contributed by atoms with van der Waals surface area (Å²) in [5.41, 5.74) is 0. The molecule has 31 heavy (non-hydrogen) atoms. The molecule has 0 rings (SSSR count). The first-order valence-corrected chi connectivity index (χ1v) is 16.1. The Hall–Kier alpha value is -0.140. The highest BCUT2D eigenvalue weighted by Gasteiger charge is 2.22. The number of hydrogen-bond acceptors (Lipinski definition) is 5. The van der Waals surface area contributed by atoms with Gasteiger partial charge in [0.25, 0.3) is 20.2 Å². The Labute approximate surface area is 194 Å². The summed E-state index contributed by atoms with van der Waals surface area (Å²) in [5, 5.41) is 0. The zero-order chi connectivity index (χ0) is 23.3. The maximum atomic E-state index is 12.0. The predicted molar refractivity (Wildman–Crippen MR) is 132 cm³/mol. The van der Waals surface area contributed by atoms with E-state index in [1.165, 1.54) is 77.0 Å². The van der Waals surface area contributed by atoms with Crippen molar-refractivity contribution in [2.45, 2.75) is 142 Å². The SMILES string of the molecule is CCCCCCCCCCCCS(=O)(=O)OS(=O)(=O)CCCCCCCCCCCC. The lowest BCUT2D eigenvalue weighted by molar-refractivity contribution is 0.456. The zero-order valence-corrected chi connectivity index (χ0v) is 22.0. The van der Waals surface area contributed by atoms with Crippen molar-refractivity contribution >= 4 is 20.2 Å². The second-order valence-electron chi connectivity index (χ2n) is 8.96. The molecule has 0 radical (unpaired) electrons. The summed E-state index contributed by atoms with van der Waals surface area (Å²) in [7, 11) is -7.99. The van der Waals surface area contributed by atoms with Crippen LogP contribution in [0.4, 0.5) is 0 Å². The molecule has 0 atom stereocenters. The van der Waals surface area contributed by atoms with Gasteiger partial charge in [0.2, 0.25) is 0 Å². The van der Waals surface area contributed by atoms with Crippen LogP contribution < -0.4 is 0 Å². The third kappa shape index (κ3) is 22.8. The van der Waals surface area contributed by atoms with Gasteiger partial charge in [-0.15, -0.1) is 3.63 Å². The van der Waals surface area contributed by atoms with Crippen LogP contribution in [0.2, 0.25) is 0 Å². The average Bonchev–Trinajstić information content (AvgIpc) is 2.70. The quantitative estimate of drug-likeness (QED) is 0.133. The van der Waals surface area contributed by atoms with Crippen molar-refractivity contribution in [3.8, 4) is 0 Å². The Bertz CT molecular complexity index is 533. The first-order valence-electron chi connectivity index (χ1n) is 13.0. The largest absolute Gasteiger partial charge is 0.281 e. The van der Waals surface area contributed by atoms with Gasteiger partial charge >= 0.3 is 0 Å². The molecule has 0 N–H and O–H groups in total. The Morgan fingerprint density at radius 1 is 0.387 bits per heavy atom. The zero-order valence-electron chi connectivity index (χ0n) is 20.4. The van der Waals surface area contributed by atoms with Crippen LogP contribution in [0.5, 0.6) is 0 Å². The first-order chi connectivity index (χ1) is 14.8. The fourth-order valence-electron chi connectivity index (χ4n) is 3.76. The van der Waals surface area contributed by atoms with E-state index in [0.29, 0.717) is 12.8 Å². The summed E-state index contributed by atoms with van der Waals surface area (Å²) in [5.74, 6) is -0.415. The minimum atomic E-state index is -4.00. The van der Waals surface area contributed by atoms with E-state index in [4.69, 9.17) is 0 Å². The fraction of sp³-hybridized carbons (Fsp3) is 1.00. The van der Waals surface area contributed by atoms with Crippen molar-refractivity contribution in [3.05, 3.63) is 0 Å². The third-order valence-corrected chi connectivity index (χ3v) is 8.94. The molecule has 0 spiro atoms. The standard InChI is InChI=1S/C24H50O5S2/c1-3-5-7-9-11-13-15-17-19-21-23-30(25,26)29-31(27,28)24-22-20-18-16-14-12-10-8-6-4-2/h3-24H2,1-2H3. The Morgan fingerprint density at radius 3 is 0.871 bits per heavy atom. The number of unbranched alkanes of at least 4 members (excludes halogenated alkanes) is 18. The average molecular weight is 483 g/mol. The van der Waals surface area contributed by atoms with Crippen molar-refractivity contribution in [2.75, 3.05) is 11.5 Å². The Kier molecular flexibility index (Phi) is 20.4. The second-order valence-corrected chi connectivity index (χ2v) is 12.5. The van der Waals surface area contributed by atoms with Crippen molar-refractivity contribution in [3.63, 3.8) is 0 Å². The molecule has 0 aliphatic heterocycles. The molecule has 188 valence electrons. The van der Waals surface area contributed by atoms with E-state index in [1.807, 2.05) is 0 Å². The van der Waals surface area contributed by atoms with Gasteiger partial charge in [-0.25, -0.2) is 0 Å². The molecule has 0 aliphatic rings. The Morgan fingerprint density at radius 2 is 0.613 bits per heavy atom. The van der Waals surface area contributed by atoms with Crippen molar-refractivity contribution in [1.82, 2.24) is 0 Å². The van der Waals surface area contributed by atoms with E-state index in [2.05, 4.69) is 17.5 Å². The molecule has 0 aliphatic carbocycles. The highest BCUT2D eigenvalue weighted by Crippen LogP contribution is 2.14. The molecule has 5 nitrogen and oxygen atoms in total. The molecule has 0 aromatic carbocycles. The lowest BCUT2D eigenvalue weighted by Crippen LogP contribution is -2.19. The maximum Gasteiger partial charge on any atom is 0.281 e. The number of hydrogen-bond donors (Lipinski definition) is 0. The van der Waals surface area contributed by atoms with Gasteiger partial charge in [-0.3, -0.25) is 0 Å². The normalized spacial score (nSPS) is 12.5. The van der Waals surface area contributed by atoms with Crippen LogP contribution in [-0.4, -0.2) is 28.3 Å². The van der Waals surface area contributed by atoms with E-state index in [9.17, 15) is 16.8 Å². The van der Waals surface area contributed by atoms with Gasteiger partial charge in [-0.05, 0) is 12.8 Å². The minimum absolute atomic E-state index is 0.208. The molecule has 7 heteroatoms. The van der Waals surface area contributed by atoms with Crippen LogP contribution >= 0.6 is 0 Å². The van der Waals surface area contributed by atoms with E-state index < -0.39 is 20.2 Å². The monoisotopic (exact) mass is 482 g/mol. The van der Waals surface area contributed by atoms with Gasteiger partial charge in [0.15, 0.2) is 0 Å². The molecule has 0 aromatic rings. The third-order valence-electron chi connectivity index (χ3n) is 5.70. The maximum absolute atomic E-state index is 12.0. The second kappa shape index (κ2) is 20.5. The van der Waals surface area contributed by atoms with Crippen LogP contribution in [0.15, 0.2) is 0 Å². The van der Waals surface area contributed by atoms with Gasteiger partial charge in [0.1, 0.15) is 0 Å². The molecule has 0 fully saturated rings. The molecule has 0 amide bonds. The molecule has 0 saturated carbocycles. The van der Waals surface area contributed by atoms with Gasteiger partial charge < -0.3 is 0 Å². The summed E-state index contributed by atoms with van der Waals surface area (Å²) in [6.45, 7) is 4.42. The van der Waals surface area contributed by atoms with Crippen LogP contribution in [0.25, 0.3) is 0 Å². The van der Waals surface area contributed by atoms with Crippen LogP contribution in [-0.2, 0) is 23.9 Å². The van der Waals surface area contributed by atoms with E-state index in [-0.39, 0.29) is 11.5 Å². The molecule has 0 bridgehead atoms. The lowest BCUT2D eigenvalue weighted by Gasteiger charge is -2.07. The molecule has 0 unspecified atom stereocenters. The fourth-order valence-corrected chi connectivity index (χ4v) is 6.68. The van der Waals surface area contributed by atoms with Crippen LogP contribution in [0.1, 0.15) is 142 Å². The summed E-state index contributed by atoms with van der Waals surface area (Å²) in [4.78, 5) is 0. The molecular formula is C24H50O5S2. The molecule has 0 heterocycles. The first kappa shape index (κ1) is 30.9. The molecule has 0 saturated heterocycles. The summed E-state index contributed by atoms with van der Waals surface area (Å²) < 4.78 is 52.4. The van der Waals surface area contributed by atoms with Crippen LogP contribution in [0, 0.1) is 0 Å². The van der Waals surface area contributed by atoms with Gasteiger partial charge in [-0.1, -0.05) is 129 Å². The van der Waals surface area contributed by atoms with Crippen LogP contribution in [0.3, 0.4) is 0 Å². The predicted octanol–water partition coefficient (Wildman–Crippen LogP) is 7.50. The highest BCUT2D eigenvalue weighted by atomic mass is 32.3. The minimum Gasteiger partial charge on any atom is -0.198 e. The van der Waals surface area contributed by atoms with Crippen molar-refractivity contribution in [1.29, 1.82) is 0 Å². The topological polar surface area (TPSA) is 77.5 Å². The van der Waals surface area contributed by atoms with Gasteiger partial charge in [-0.2, -0.15) is 16.8 Å². The molecular weight excluding hydrogens is 432 g/mol. The molecule has 0 aromatic heterocycles. The summed E-state index contributed by atoms with van der Waals surface area (Å²) >= 11 is 0. The van der Waals surface area contributed by atoms with E-state index in [1.54, 1.807) is 0 Å². The van der Waals surface area contributed by atoms with Gasteiger partial charge in [0.05, 0.1) is 11.5 Å². The van der Waals surface area contributed by atoms with E-state index >= 15 is 0 Å². The number of rotatable bonds is 24. The Balaban J connectivity index is 3.71.